The third kappa shape index (κ3) is 5.80. The van der Waals surface area contributed by atoms with E-state index in [1.165, 1.54) is 12.1 Å². The van der Waals surface area contributed by atoms with Crippen molar-refractivity contribution in [2.24, 2.45) is 7.05 Å². The van der Waals surface area contributed by atoms with Crippen LogP contribution in [0.15, 0.2) is 47.4 Å². The van der Waals surface area contributed by atoms with Crippen LogP contribution < -0.4 is 5.32 Å². The lowest BCUT2D eigenvalue weighted by molar-refractivity contribution is -0.151. The highest BCUT2D eigenvalue weighted by atomic mass is 35.5. The Hall–Kier alpha value is -2.84. The van der Waals surface area contributed by atoms with E-state index in [4.69, 9.17) is 16.3 Å². The van der Waals surface area contributed by atoms with E-state index in [2.05, 4.69) is 5.32 Å². The van der Waals surface area contributed by atoms with Crippen LogP contribution in [0.1, 0.15) is 55.4 Å². The van der Waals surface area contributed by atoms with Gasteiger partial charge in [-0.1, -0.05) is 23.7 Å². The summed E-state index contributed by atoms with van der Waals surface area (Å²) in [5.74, 6) is -1.82. The largest absolute Gasteiger partial charge is 0.459 e. The summed E-state index contributed by atoms with van der Waals surface area (Å²) in [6, 6.07) is 11.3. The Morgan fingerprint density at radius 1 is 1.12 bits per heavy atom. The predicted octanol–water partition coefficient (Wildman–Crippen LogP) is 4.75. The molecule has 0 unspecified atom stereocenters. The lowest BCUT2D eigenvalue weighted by Crippen LogP contribution is -2.29. The van der Waals surface area contributed by atoms with Gasteiger partial charge in [0, 0.05) is 12.4 Å². The lowest BCUT2D eigenvalue weighted by atomic mass is 10.1. The molecule has 7 nitrogen and oxygen atoms in total. The van der Waals surface area contributed by atoms with Crippen molar-refractivity contribution in [3.63, 3.8) is 0 Å². The second-order valence-electron chi connectivity index (χ2n) is 9.38. The number of carbonyl (C=O) groups excluding carboxylic acids is 2. The number of nitrogens with zero attached hydrogens (tertiary/aromatic N) is 1. The van der Waals surface area contributed by atoms with Gasteiger partial charge in [-0.2, -0.15) is 0 Å². The number of hydrogen-bond donors (Lipinski definition) is 1. The number of halogens is 1. The molecule has 3 rings (SSSR count). The van der Waals surface area contributed by atoms with Crippen molar-refractivity contribution in [2.45, 2.75) is 51.2 Å². The summed E-state index contributed by atoms with van der Waals surface area (Å²) in [6.07, 6.45) is 0. The van der Waals surface area contributed by atoms with Crippen molar-refractivity contribution >= 4 is 44.2 Å². The summed E-state index contributed by atoms with van der Waals surface area (Å²) >= 11 is 6.35. The number of nitrogens with one attached hydrogen (secondary N) is 1. The number of esters is 1. The van der Waals surface area contributed by atoms with Gasteiger partial charge in [0.25, 0.3) is 5.91 Å². The van der Waals surface area contributed by atoms with Gasteiger partial charge in [-0.05, 0) is 76.1 Å². The minimum atomic E-state index is -3.85. The molecular weight excluding hydrogens is 476 g/mol. The number of rotatable bonds is 6. The van der Waals surface area contributed by atoms with Crippen molar-refractivity contribution in [1.29, 1.82) is 0 Å². The molecule has 1 N–H and O–H groups in total. The number of aromatic nitrogens is 1. The molecule has 0 fully saturated rings. The zero-order valence-corrected chi connectivity index (χ0v) is 21.7. The van der Waals surface area contributed by atoms with E-state index >= 15 is 0 Å². The molecule has 2 aromatic carbocycles. The molecule has 9 heteroatoms. The average Bonchev–Trinajstić information content (AvgIpc) is 3.03. The first-order valence-corrected chi connectivity index (χ1v) is 12.8. The summed E-state index contributed by atoms with van der Waals surface area (Å²) < 4.78 is 32.0. The van der Waals surface area contributed by atoms with Crippen LogP contribution in [-0.2, 0) is 26.4 Å². The maximum absolute atomic E-state index is 13.0. The molecule has 182 valence electrons. The number of sulfone groups is 1. The quantitative estimate of drug-likeness (QED) is 0.489. The number of amides is 1. The summed E-state index contributed by atoms with van der Waals surface area (Å²) in [5.41, 5.74) is 2.28. The number of benzene rings is 2. The van der Waals surface area contributed by atoms with Crippen LogP contribution in [0.5, 0.6) is 0 Å². The van der Waals surface area contributed by atoms with Gasteiger partial charge < -0.3 is 14.6 Å². The summed E-state index contributed by atoms with van der Waals surface area (Å²) in [7, 11) is -2.04. The first kappa shape index (κ1) is 25.8. The third-order valence-electron chi connectivity index (χ3n) is 5.30. The maximum Gasteiger partial charge on any atom is 0.322 e. The molecule has 1 atom stereocenters. The number of carbonyl (C=O) groups is 2. The van der Waals surface area contributed by atoms with E-state index in [0.717, 1.165) is 22.0 Å². The molecule has 1 heterocycles. The van der Waals surface area contributed by atoms with Gasteiger partial charge in [0.15, 0.2) is 15.6 Å². The molecule has 3 aromatic rings. The average molecular weight is 505 g/mol. The van der Waals surface area contributed by atoms with Crippen molar-refractivity contribution in [3.8, 4) is 0 Å². The van der Waals surface area contributed by atoms with Crippen LogP contribution in [-0.4, -0.2) is 36.2 Å². The molecule has 0 aliphatic rings. The number of ether oxygens (including phenoxy) is 1. The van der Waals surface area contributed by atoms with Crippen LogP contribution in [0.2, 0.25) is 5.02 Å². The molecule has 0 saturated carbocycles. The lowest BCUT2D eigenvalue weighted by Gasteiger charge is -2.19. The monoisotopic (exact) mass is 504 g/mol. The highest BCUT2D eigenvalue weighted by Gasteiger charge is 2.25. The van der Waals surface area contributed by atoms with E-state index in [-0.39, 0.29) is 16.8 Å². The van der Waals surface area contributed by atoms with Crippen molar-refractivity contribution in [2.75, 3.05) is 5.75 Å². The number of hydrogen-bond acceptors (Lipinski definition) is 5. The third-order valence-corrected chi connectivity index (χ3v) is 7.22. The second kappa shape index (κ2) is 9.43. The van der Waals surface area contributed by atoms with Crippen molar-refractivity contribution in [1.82, 2.24) is 9.88 Å². The molecule has 0 bridgehead atoms. The van der Waals surface area contributed by atoms with Crippen LogP contribution in [0.4, 0.5) is 0 Å². The zero-order chi connectivity index (χ0) is 25.4. The molecular formula is C25H29ClN2O5S. The SMILES string of the molecule is Cc1cc(Cl)c2cc(C(=O)N[C@H](C)c3ccc(S(=O)(=O)CC(=O)OC(C)(C)C)cc3)n(C)c2c1. The molecule has 1 amide bonds. The first-order valence-electron chi connectivity index (χ1n) is 10.8. The topological polar surface area (TPSA) is 94.5 Å². The van der Waals surface area contributed by atoms with Crippen LogP contribution in [0.25, 0.3) is 10.9 Å². The fourth-order valence-electron chi connectivity index (χ4n) is 3.66. The molecule has 34 heavy (non-hydrogen) atoms. The fourth-order valence-corrected chi connectivity index (χ4v) is 5.07. The molecule has 0 aliphatic heterocycles. The van der Waals surface area contributed by atoms with Crippen LogP contribution in [0, 0.1) is 6.92 Å². The van der Waals surface area contributed by atoms with Gasteiger partial charge in [-0.25, -0.2) is 8.42 Å². The Morgan fingerprint density at radius 3 is 2.32 bits per heavy atom. The standard InChI is InChI=1S/C25H29ClN2O5S/c1-15-11-20(26)19-13-22(28(6)21(19)12-15)24(30)27-16(2)17-7-9-18(10-8-17)34(31,32)14-23(29)33-25(3,4)5/h7-13,16H,14H2,1-6H3,(H,27,30)/t16-/m1/s1. The Morgan fingerprint density at radius 2 is 1.74 bits per heavy atom. The summed E-state index contributed by atoms with van der Waals surface area (Å²) in [5, 5.41) is 4.32. The van der Waals surface area contributed by atoms with Gasteiger partial charge in [0.05, 0.1) is 21.5 Å². The maximum atomic E-state index is 13.0. The molecule has 0 aliphatic carbocycles. The van der Waals surface area contributed by atoms with Crippen LogP contribution >= 0.6 is 11.6 Å². The minimum absolute atomic E-state index is 0.0133. The Bertz CT molecular complexity index is 1350. The summed E-state index contributed by atoms with van der Waals surface area (Å²) in [4.78, 5) is 24.9. The summed E-state index contributed by atoms with van der Waals surface area (Å²) in [6.45, 7) is 8.78. The Labute approximate surface area is 205 Å². The number of aryl methyl sites for hydroxylation is 2. The van der Waals surface area contributed by atoms with E-state index in [0.29, 0.717) is 10.7 Å². The van der Waals surface area contributed by atoms with Gasteiger partial charge in [-0.3, -0.25) is 9.59 Å². The minimum Gasteiger partial charge on any atom is -0.459 e. The molecule has 0 saturated heterocycles. The normalized spacial score (nSPS) is 13.0. The highest BCUT2D eigenvalue weighted by molar-refractivity contribution is 7.92. The van der Waals surface area contributed by atoms with Gasteiger partial charge in [0.2, 0.25) is 0 Å². The highest BCUT2D eigenvalue weighted by Crippen LogP contribution is 2.28. The van der Waals surface area contributed by atoms with Crippen molar-refractivity contribution < 1.29 is 22.7 Å². The molecule has 1 aromatic heterocycles. The van der Waals surface area contributed by atoms with E-state index < -0.39 is 27.2 Å². The van der Waals surface area contributed by atoms with E-state index in [9.17, 15) is 18.0 Å². The molecule has 0 spiro atoms. The predicted molar refractivity (Wildman–Crippen MR) is 133 cm³/mol. The van der Waals surface area contributed by atoms with Crippen molar-refractivity contribution in [3.05, 3.63) is 64.3 Å². The Balaban J connectivity index is 1.74. The Kier molecular flexibility index (Phi) is 7.15. The van der Waals surface area contributed by atoms with Gasteiger partial charge in [-0.15, -0.1) is 0 Å². The van der Waals surface area contributed by atoms with Gasteiger partial charge in [0.1, 0.15) is 11.3 Å². The fraction of sp³-hybridized carbons (Fsp3) is 0.360. The van der Waals surface area contributed by atoms with E-state index in [1.54, 1.807) is 43.5 Å². The van der Waals surface area contributed by atoms with Gasteiger partial charge >= 0.3 is 5.97 Å². The van der Waals surface area contributed by atoms with Crippen LogP contribution in [0.3, 0.4) is 0 Å². The van der Waals surface area contributed by atoms with E-state index in [1.807, 2.05) is 33.0 Å². The number of fused-ring (bicyclic) bond motifs is 1. The smallest absolute Gasteiger partial charge is 0.322 e. The second-order valence-corrected chi connectivity index (χ2v) is 11.8. The zero-order valence-electron chi connectivity index (χ0n) is 20.1. The molecule has 0 radical (unpaired) electrons. The first-order chi connectivity index (χ1) is 15.7.